The van der Waals surface area contributed by atoms with Crippen LogP contribution >= 0.6 is 23.1 Å². The van der Waals surface area contributed by atoms with Crippen molar-refractivity contribution in [1.82, 2.24) is 24.7 Å². The van der Waals surface area contributed by atoms with Crippen molar-refractivity contribution in [3.63, 3.8) is 0 Å². The van der Waals surface area contributed by atoms with Crippen LogP contribution in [-0.2, 0) is 17.0 Å². The molecule has 0 unspecified atom stereocenters. The Labute approximate surface area is 158 Å². The summed E-state index contributed by atoms with van der Waals surface area (Å²) in [4.78, 5) is 23.2. The van der Waals surface area contributed by atoms with E-state index in [0.717, 1.165) is 35.2 Å². The molecule has 3 aromatic rings. The van der Waals surface area contributed by atoms with Crippen LogP contribution < -0.4 is 11.4 Å². The highest BCUT2D eigenvalue weighted by Crippen LogP contribution is 2.32. The number of aryl methyl sites for hydroxylation is 2. The van der Waals surface area contributed by atoms with Crippen molar-refractivity contribution in [2.45, 2.75) is 50.2 Å². The number of nitrogens with one attached hydrogen (secondary N) is 1. The van der Waals surface area contributed by atoms with E-state index in [1.54, 1.807) is 15.9 Å². The van der Waals surface area contributed by atoms with Crippen LogP contribution in [0.5, 0.6) is 0 Å². The summed E-state index contributed by atoms with van der Waals surface area (Å²) in [5.41, 5.74) is 7.06. The summed E-state index contributed by atoms with van der Waals surface area (Å²) in [5.74, 6) is 1.64. The molecule has 3 N–H and O–H groups in total. The summed E-state index contributed by atoms with van der Waals surface area (Å²) in [6.45, 7) is 5.37. The molecule has 0 aliphatic carbocycles. The molecule has 0 amide bonds. The van der Waals surface area contributed by atoms with Gasteiger partial charge in [-0.2, -0.15) is 0 Å². The Morgan fingerprint density at radius 2 is 2.27 bits per heavy atom. The molecule has 4 rings (SSSR count). The van der Waals surface area contributed by atoms with Crippen LogP contribution in [0.25, 0.3) is 10.2 Å². The Morgan fingerprint density at radius 3 is 3.04 bits per heavy atom. The quantitative estimate of drug-likeness (QED) is 0.640. The Bertz CT molecular complexity index is 1000. The molecule has 1 saturated heterocycles. The highest BCUT2D eigenvalue weighted by molar-refractivity contribution is 7.98. The van der Waals surface area contributed by atoms with Gasteiger partial charge in [0, 0.05) is 11.5 Å². The lowest BCUT2D eigenvalue weighted by Crippen LogP contribution is -2.25. The maximum absolute atomic E-state index is 12.0. The van der Waals surface area contributed by atoms with Crippen LogP contribution in [0.2, 0.25) is 0 Å². The fourth-order valence-corrected chi connectivity index (χ4v) is 4.95. The fraction of sp³-hybridized carbons (Fsp3) is 0.500. The minimum absolute atomic E-state index is 0.0740. The molecular formula is C16H20N6O2S2. The number of hydrogen-bond donors (Lipinski definition) is 2. The third-order valence-corrected chi connectivity index (χ3v) is 6.64. The predicted octanol–water partition coefficient (Wildman–Crippen LogP) is 2.25. The first-order valence-corrected chi connectivity index (χ1v) is 10.2. The molecule has 26 heavy (non-hydrogen) atoms. The van der Waals surface area contributed by atoms with Gasteiger partial charge in [0.1, 0.15) is 16.5 Å². The standard InChI is InChI=1S/C16H20N6O2S2/c1-8-9(2)26-14-12(8)13(17)18-11(19-14)7-25-16-21-20-15(23)22(16)6-10-4-3-5-24-10/h10H,3-7H2,1-2H3,(H,20,23)(H2,17,18,19)/t10-/m1/s1. The molecular weight excluding hydrogens is 372 g/mol. The number of ether oxygens (including phenoxy) is 1. The van der Waals surface area contributed by atoms with Crippen LogP contribution in [-0.4, -0.2) is 37.4 Å². The van der Waals surface area contributed by atoms with Gasteiger partial charge in [0.15, 0.2) is 5.16 Å². The lowest BCUT2D eigenvalue weighted by molar-refractivity contribution is 0.0941. The number of nitrogens with two attached hydrogens (primary N) is 1. The van der Waals surface area contributed by atoms with E-state index in [2.05, 4.69) is 27.1 Å². The van der Waals surface area contributed by atoms with Gasteiger partial charge < -0.3 is 10.5 Å². The smallest absolute Gasteiger partial charge is 0.344 e. The van der Waals surface area contributed by atoms with Crippen molar-refractivity contribution in [2.24, 2.45) is 0 Å². The summed E-state index contributed by atoms with van der Waals surface area (Å²) < 4.78 is 7.25. The van der Waals surface area contributed by atoms with Gasteiger partial charge in [-0.15, -0.1) is 16.4 Å². The molecule has 0 saturated carbocycles. The van der Waals surface area contributed by atoms with E-state index in [1.807, 2.05) is 6.92 Å². The number of hydrogen-bond acceptors (Lipinski definition) is 8. The van der Waals surface area contributed by atoms with E-state index in [1.165, 1.54) is 16.6 Å². The molecule has 1 aliphatic heterocycles. The van der Waals surface area contributed by atoms with E-state index in [-0.39, 0.29) is 11.8 Å². The monoisotopic (exact) mass is 392 g/mol. The number of aromatic amines is 1. The summed E-state index contributed by atoms with van der Waals surface area (Å²) in [7, 11) is 0. The minimum atomic E-state index is -0.219. The zero-order chi connectivity index (χ0) is 18.3. The first kappa shape index (κ1) is 17.5. The number of rotatable bonds is 5. The van der Waals surface area contributed by atoms with E-state index < -0.39 is 0 Å². The van der Waals surface area contributed by atoms with Gasteiger partial charge in [-0.1, -0.05) is 11.8 Å². The lowest BCUT2D eigenvalue weighted by atomic mass is 10.2. The first-order valence-electron chi connectivity index (χ1n) is 8.44. The molecule has 0 bridgehead atoms. The van der Waals surface area contributed by atoms with Crippen molar-refractivity contribution in [3.05, 3.63) is 26.7 Å². The van der Waals surface area contributed by atoms with Gasteiger partial charge in [0.2, 0.25) is 0 Å². The predicted molar refractivity (Wildman–Crippen MR) is 103 cm³/mol. The van der Waals surface area contributed by atoms with Crippen molar-refractivity contribution in [3.8, 4) is 0 Å². The fourth-order valence-electron chi connectivity index (χ4n) is 3.09. The van der Waals surface area contributed by atoms with Gasteiger partial charge >= 0.3 is 5.69 Å². The Balaban J connectivity index is 1.54. The summed E-state index contributed by atoms with van der Waals surface area (Å²) in [6.07, 6.45) is 2.08. The molecule has 1 aliphatic rings. The molecule has 1 fully saturated rings. The van der Waals surface area contributed by atoms with Crippen LogP contribution in [0, 0.1) is 13.8 Å². The molecule has 0 aromatic carbocycles. The largest absolute Gasteiger partial charge is 0.383 e. The van der Waals surface area contributed by atoms with Crippen molar-refractivity contribution in [1.29, 1.82) is 0 Å². The maximum Gasteiger partial charge on any atom is 0.344 e. The zero-order valence-corrected chi connectivity index (χ0v) is 16.2. The number of thiophene rings is 1. The number of thioether (sulfide) groups is 1. The van der Waals surface area contributed by atoms with E-state index >= 15 is 0 Å². The topological polar surface area (TPSA) is 112 Å². The lowest BCUT2D eigenvalue weighted by Gasteiger charge is -2.10. The number of aromatic nitrogens is 5. The van der Waals surface area contributed by atoms with Crippen LogP contribution in [0.4, 0.5) is 5.82 Å². The van der Waals surface area contributed by atoms with Gasteiger partial charge in [-0.3, -0.25) is 4.57 Å². The normalized spacial score (nSPS) is 17.4. The summed E-state index contributed by atoms with van der Waals surface area (Å²) in [5, 5.41) is 8.20. The molecule has 3 aromatic heterocycles. The molecule has 138 valence electrons. The zero-order valence-electron chi connectivity index (χ0n) is 14.6. The average molecular weight is 393 g/mol. The van der Waals surface area contributed by atoms with Gasteiger partial charge in [0.25, 0.3) is 0 Å². The Kier molecular flexibility index (Phi) is 4.72. The van der Waals surface area contributed by atoms with E-state index in [4.69, 9.17) is 10.5 Å². The van der Waals surface area contributed by atoms with Crippen LogP contribution in [0.1, 0.15) is 29.1 Å². The van der Waals surface area contributed by atoms with Gasteiger partial charge in [-0.25, -0.2) is 19.9 Å². The highest BCUT2D eigenvalue weighted by Gasteiger charge is 2.20. The average Bonchev–Trinajstić information content (AvgIpc) is 3.30. The Hall–Kier alpha value is -1.91. The van der Waals surface area contributed by atoms with E-state index in [0.29, 0.717) is 29.1 Å². The highest BCUT2D eigenvalue weighted by atomic mass is 32.2. The summed E-state index contributed by atoms with van der Waals surface area (Å²) in [6, 6.07) is 0. The minimum Gasteiger partial charge on any atom is -0.383 e. The molecule has 8 nitrogen and oxygen atoms in total. The SMILES string of the molecule is Cc1sc2nc(CSc3n[nH]c(=O)n3C[C@H]3CCCO3)nc(N)c2c1C. The Morgan fingerprint density at radius 1 is 1.42 bits per heavy atom. The molecule has 10 heteroatoms. The number of fused-ring (bicyclic) bond motifs is 1. The maximum atomic E-state index is 12.0. The van der Waals surface area contributed by atoms with Crippen molar-refractivity contribution >= 4 is 39.1 Å². The molecule has 4 heterocycles. The molecule has 1 atom stereocenters. The second-order valence-corrected chi connectivity index (χ2v) is 8.48. The molecule has 0 radical (unpaired) electrons. The van der Waals surface area contributed by atoms with Gasteiger partial charge in [0.05, 0.1) is 23.8 Å². The second kappa shape index (κ2) is 7.01. The second-order valence-electron chi connectivity index (χ2n) is 6.33. The van der Waals surface area contributed by atoms with Gasteiger partial charge in [-0.05, 0) is 32.3 Å². The third-order valence-electron chi connectivity index (χ3n) is 4.57. The van der Waals surface area contributed by atoms with Crippen molar-refractivity contribution in [2.75, 3.05) is 12.3 Å². The van der Waals surface area contributed by atoms with Crippen LogP contribution in [0.3, 0.4) is 0 Å². The summed E-state index contributed by atoms with van der Waals surface area (Å²) >= 11 is 3.05. The number of H-pyrrole nitrogens is 1. The first-order chi connectivity index (χ1) is 12.5. The molecule has 0 spiro atoms. The number of nitrogen functional groups attached to an aromatic ring is 1. The number of nitrogens with zero attached hydrogens (tertiary/aromatic N) is 4. The van der Waals surface area contributed by atoms with Crippen LogP contribution in [0.15, 0.2) is 9.95 Å². The van der Waals surface area contributed by atoms with Crippen molar-refractivity contribution < 1.29 is 4.74 Å². The third kappa shape index (κ3) is 3.24. The number of anilines is 1. The van der Waals surface area contributed by atoms with E-state index in [9.17, 15) is 4.79 Å².